The molecule has 1 saturated carbocycles. The molecule has 1 fully saturated rings. The first-order valence-electron chi connectivity index (χ1n) is 10.5. The van der Waals surface area contributed by atoms with Gasteiger partial charge in [0.05, 0.1) is 20.0 Å². The summed E-state index contributed by atoms with van der Waals surface area (Å²) in [6.45, 7) is 0.423. The molecule has 1 aliphatic rings. The number of hydrogen-bond acceptors (Lipinski definition) is 9. The lowest BCUT2D eigenvalue weighted by Gasteiger charge is -2.18. The van der Waals surface area contributed by atoms with Crippen molar-refractivity contribution in [1.82, 2.24) is 19.9 Å². The minimum absolute atomic E-state index is 0.0302. The van der Waals surface area contributed by atoms with Gasteiger partial charge in [-0.3, -0.25) is 4.72 Å². The summed E-state index contributed by atoms with van der Waals surface area (Å²) in [6, 6.07) is 8.65. The van der Waals surface area contributed by atoms with Crippen LogP contribution in [-0.2, 0) is 10.0 Å². The highest BCUT2D eigenvalue weighted by atomic mass is 32.2. The van der Waals surface area contributed by atoms with Gasteiger partial charge in [0.1, 0.15) is 0 Å². The van der Waals surface area contributed by atoms with Crippen molar-refractivity contribution in [3.8, 4) is 34.8 Å². The molecule has 1 aliphatic carbocycles. The molecule has 33 heavy (non-hydrogen) atoms. The number of benzene rings is 1. The van der Waals surface area contributed by atoms with Crippen LogP contribution < -0.4 is 18.9 Å². The van der Waals surface area contributed by atoms with E-state index >= 15 is 0 Å². The van der Waals surface area contributed by atoms with E-state index in [1.165, 1.54) is 7.11 Å². The normalized spacial score (nSPS) is 14.1. The van der Waals surface area contributed by atoms with Crippen LogP contribution in [0.2, 0.25) is 0 Å². The van der Waals surface area contributed by atoms with Crippen LogP contribution in [0.4, 0.5) is 5.82 Å². The standard InChI is InChI=1S/C22H25N5O5S/c1-30-16-10-5-6-11-17(16)32-18-19(27-33(2,28)29)25-21(20-23-12-7-13-24-20)26-22(18)31-14-15-8-3-4-9-15/h5-7,10-13,15H,3-4,8-9,14H2,1-2H3,(H,25,26,27). The first kappa shape index (κ1) is 22.7. The van der Waals surface area contributed by atoms with Crippen LogP contribution in [0.3, 0.4) is 0 Å². The van der Waals surface area contributed by atoms with Crippen LogP contribution in [0.1, 0.15) is 25.7 Å². The third-order valence-electron chi connectivity index (χ3n) is 5.09. The Labute approximate surface area is 192 Å². The third-order valence-corrected chi connectivity index (χ3v) is 5.66. The summed E-state index contributed by atoms with van der Waals surface area (Å²) < 4.78 is 44.2. The van der Waals surface area contributed by atoms with Crippen LogP contribution in [0.25, 0.3) is 11.6 Å². The molecule has 1 aromatic carbocycles. The third kappa shape index (κ3) is 5.86. The van der Waals surface area contributed by atoms with E-state index < -0.39 is 10.0 Å². The molecule has 2 aromatic heterocycles. The number of para-hydroxylation sites is 2. The van der Waals surface area contributed by atoms with Gasteiger partial charge in [0.25, 0.3) is 5.88 Å². The quantitative estimate of drug-likeness (QED) is 0.497. The fourth-order valence-corrected chi connectivity index (χ4v) is 4.06. The van der Waals surface area contributed by atoms with Gasteiger partial charge in [0.15, 0.2) is 23.1 Å². The maximum absolute atomic E-state index is 12.1. The molecule has 174 valence electrons. The lowest BCUT2D eigenvalue weighted by Crippen LogP contribution is -2.15. The number of anilines is 1. The Bertz CT molecular complexity index is 1200. The number of ether oxygens (including phenoxy) is 3. The average Bonchev–Trinajstić information content (AvgIpc) is 3.33. The minimum Gasteiger partial charge on any atom is -0.493 e. The number of nitrogens with zero attached hydrogens (tertiary/aromatic N) is 4. The number of methoxy groups -OCH3 is 1. The number of sulfonamides is 1. The summed E-state index contributed by atoms with van der Waals surface area (Å²) in [6.07, 6.45) is 8.58. The van der Waals surface area contributed by atoms with Crippen molar-refractivity contribution in [2.45, 2.75) is 25.7 Å². The van der Waals surface area contributed by atoms with Crippen molar-refractivity contribution in [3.63, 3.8) is 0 Å². The zero-order chi connectivity index (χ0) is 23.3. The van der Waals surface area contributed by atoms with Gasteiger partial charge >= 0.3 is 0 Å². The summed E-state index contributed by atoms with van der Waals surface area (Å²) in [5.41, 5.74) is 0. The fraction of sp³-hybridized carbons (Fsp3) is 0.364. The highest BCUT2D eigenvalue weighted by Gasteiger charge is 2.25. The minimum atomic E-state index is -3.70. The molecule has 10 nitrogen and oxygen atoms in total. The zero-order valence-electron chi connectivity index (χ0n) is 18.4. The monoisotopic (exact) mass is 471 g/mol. The van der Waals surface area contributed by atoms with E-state index in [9.17, 15) is 8.42 Å². The van der Waals surface area contributed by atoms with Crippen LogP contribution in [0, 0.1) is 5.92 Å². The van der Waals surface area contributed by atoms with E-state index in [-0.39, 0.29) is 29.1 Å². The van der Waals surface area contributed by atoms with Gasteiger partial charge in [-0.1, -0.05) is 25.0 Å². The molecule has 4 rings (SSSR count). The van der Waals surface area contributed by atoms with E-state index in [4.69, 9.17) is 14.2 Å². The maximum atomic E-state index is 12.1. The van der Waals surface area contributed by atoms with Gasteiger partial charge in [-0.15, -0.1) is 0 Å². The van der Waals surface area contributed by atoms with Crippen molar-refractivity contribution in [3.05, 3.63) is 42.7 Å². The molecular formula is C22H25N5O5S. The first-order valence-corrected chi connectivity index (χ1v) is 12.4. The second-order valence-corrected chi connectivity index (χ2v) is 9.44. The van der Waals surface area contributed by atoms with Gasteiger partial charge in [0, 0.05) is 12.4 Å². The smallest absolute Gasteiger partial charge is 0.263 e. The second kappa shape index (κ2) is 9.99. The SMILES string of the molecule is COc1ccccc1Oc1c(NS(C)(=O)=O)nc(-c2ncccn2)nc1OCC1CCCC1. The Kier molecular flexibility index (Phi) is 6.87. The molecule has 0 spiro atoms. The van der Waals surface area contributed by atoms with Crippen LogP contribution in [-0.4, -0.2) is 48.3 Å². The molecule has 0 saturated heterocycles. The van der Waals surface area contributed by atoms with Gasteiger partial charge in [-0.25, -0.2) is 23.4 Å². The summed E-state index contributed by atoms with van der Waals surface area (Å²) in [7, 11) is -2.19. The lowest BCUT2D eigenvalue weighted by molar-refractivity contribution is 0.234. The average molecular weight is 472 g/mol. The Morgan fingerprint density at radius 1 is 1.00 bits per heavy atom. The summed E-state index contributed by atoms with van der Waals surface area (Å²) in [4.78, 5) is 17.2. The Morgan fingerprint density at radius 2 is 1.70 bits per heavy atom. The van der Waals surface area contributed by atoms with E-state index in [1.807, 2.05) is 0 Å². The van der Waals surface area contributed by atoms with Gasteiger partial charge in [-0.05, 0) is 37.0 Å². The molecule has 1 N–H and O–H groups in total. The maximum Gasteiger partial charge on any atom is 0.263 e. The molecule has 11 heteroatoms. The molecule has 0 unspecified atom stereocenters. The molecule has 0 aliphatic heterocycles. The van der Waals surface area contributed by atoms with Crippen molar-refractivity contribution in [1.29, 1.82) is 0 Å². The molecule has 2 heterocycles. The number of nitrogens with one attached hydrogen (secondary N) is 1. The summed E-state index contributed by atoms with van der Waals surface area (Å²) in [5.74, 6) is 1.58. The second-order valence-electron chi connectivity index (χ2n) is 7.69. The predicted molar refractivity (Wildman–Crippen MR) is 122 cm³/mol. The van der Waals surface area contributed by atoms with Gasteiger partial charge in [-0.2, -0.15) is 4.98 Å². The molecular weight excluding hydrogens is 446 g/mol. The zero-order valence-corrected chi connectivity index (χ0v) is 19.2. The highest BCUT2D eigenvalue weighted by Crippen LogP contribution is 2.41. The van der Waals surface area contributed by atoms with Crippen molar-refractivity contribution in [2.24, 2.45) is 5.92 Å². The Morgan fingerprint density at radius 3 is 2.36 bits per heavy atom. The predicted octanol–water partition coefficient (Wildman–Crippen LogP) is 3.68. The molecule has 0 atom stereocenters. The van der Waals surface area contributed by atoms with Crippen molar-refractivity contribution in [2.75, 3.05) is 24.7 Å². The largest absolute Gasteiger partial charge is 0.493 e. The molecule has 3 aromatic rings. The fourth-order valence-electron chi connectivity index (χ4n) is 3.57. The van der Waals surface area contributed by atoms with E-state index in [2.05, 4.69) is 24.7 Å². The Balaban J connectivity index is 1.81. The number of hydrogen-bond donors (Lipinski definition) is 1. The van der Waals surface area contributed by atoms with E-state index in [0.717, 1.165) is 31.9 Å². The lowest BCUT2D eigenvalue weighted by atomic mass is 10.1. The van der Waals surface area contributed by atoms with Crippen LogP contribution in [0.5, 0.6) is 23.1 Å². The number of aromatic nitrogens is 4. The van der Waals surface area contributed by atoms with Crippen LogP contribution in [0.15, 0.2) is 42.7 Å². The summed E-state index contributed by atoms with van der Waals surface area (Å²) in [5, 5.41) is 0. The molecule has 0 radical (unpaired) electrons. The summed E-state index contributed by atoms with van der Waals surface area (Å²) >= 11 is 0. The van der Waals surface area contributed by atoms with E-state index in [0.29, 0.717) is 24.0 Å². The van der Waals surface area contributed by atoms with E-state index in [1.54, 1.807) is 42.7 Å². The number of rotatable bonds is 9. The molecule has 0 bridgehead atoms. The van der Waals surface area contributed by atoms with Crippen molar-refractivity contribution >= 4 is 15.8 Å². The van der Waals surface area contributed by atoms with Crippen LogP contribution >= 0.6 is 0 Å². The van der Waals surface area contributed by atoms with Gasteiger partial charge < -0.3 is 14.2 Å². The highest BCUT2D eigenvalue weighted by molar-refractivity contribution is 7.92. The van der Waals surface area contributed by atoms with Gasteiger partial charge in [0.2, 0.25) is 21.6 Å². The topological polar surface area (TPSA) is 125 Å². The molecule has 0 amide bonds. The van der Waals surface area contributed by atoms with Crippen molar-refractivity contribution < 1.29 is 22.6 Å². The first-order chi connectivity index (χ1) is 15.9. The Hall–Kier alpha value is -3.47.